The number of hydrogen-bond acceptors (Lipinski definition) is 5. The van der Waals surface area contributed by atoms with E-state index in [-0.39, 0.29) is 24.6 Å². The highest BCUT2D eigenvalue weighted by Gasteiger charge is 2.34. The van der Waals surface area contributed by atoms with Crippen LogP contribution in [0.4, 0.5) is 5.69 Å². The number of hydrogen-bond donors (Lipinski definition) is 1. The molecule has 2 amide bonds. The van der Waals surface area contributed by atoms with Gasteiger partial charge >= 0.3 is 0 Å². The van der Waals surface area contributed by atoms with Crippen LogP contribution in [-0.2, 0) is 32.6 Å². The van der Waals surface area contributed by atoms with E-state index < -0.39 is 34.1 Å². The largest absolute Gasteiger partial charge is 0.495 e. The Morgan fingerprint density at radius 3 is 2.08 bits per heavy atom. The van der Waals surface area contributed by atoms with Crippen molar-refractivity contribution in [3.8, 4) is 5.75 Å². The van der Waals surface area contributed by atoms with Crippen LogP contribution in [0.25, 0.3) is 0 Å². The lowest BCUT2D eigenvalue weighted by molar-refractivity contribution is -0.140. The van der Waals surface area contributed by atoms with Gasteiger partial charge in [0.1, 0.15) is 18.3 Å². The Balaban J connectivity index is 2.09. The number of sulfonamides is 1. The SMILES string of the molecule is COc1ccccc1N(CC(=O)N(Cc1ccc(C)cc1)[C@@H](Cc1ccccc1)C(=O)NC(C)(C)C)S(C)(=O)=O. The average molecular weight is 566 g/mol. The molecule has 3 rings (SSSR count). The molecule has 0 fully saturated rings. The number of amides is 2. The van der Waals surface area contributed by atoms with Crippen LogP contribution >= 0.6 is 0 Å². The van der Waals surface area contributed by atoms with Crippen molar-refractivity contribution in [3.63, 3.8) is 0 Å². The number of rotatable bonds is 11. The highest BCUT2D eigenvalue weighted by atomic mass is 32.2. The normalized spacial score (nSPS) is 12.3. The summed E-state index contributed by atoms with van der Waals surface area (Å²) in [4.78, 5) is 29.4. The van der Waals surface area contributed by atoms with Crippen molar-refractivity contribution >= 4 is 27.5 Å². The van der Waals surface area contributed by atoms with Crippen LogP contribution in [0.3, 0.4) is 0 Å². The first-order chi connectivity index (χ1) is 18.8. The fourth-order valence-corrected chi connectivity index (χ4v) is 5.18. The molecule has 214 valence electrons. The lowest BCUT2D eigenvalue weighted by atomic mass is 10.0. The van der Waals surface area contributed by atoms with Crippen molar-refractivity contribution in [1.82, 2.24) is 10.2 Å². The zero-order chi connectivity index (χ0) is 29.5. The zero-order valence-corrected chi connectivity index (χ0v) is 24.9. The summed E-state index contributed by atoms with van der Waals surface area (Å²) in [6.45, 7) is 7.23. The minimum absolute atomic E-state index is 0.123. The molecule has 9 heteroatoms. The molecule has 0 aromatic heterocycles. The van der Waals surface area contributed by atoms with E-state index in [1.165, 1.54) is 12.0 Å². The molecule has 0 saturated carbocycles. The standard InChI is InChI=1S/C31H39N3O5S/c1-23-16-18-25(19-17-23)21-33(27(30(36)32-31(2,3)4)20-24-12-8-7-9-13-24)29(35)22-34(40(6,37)38)26-14-10-11-15-28(26)39-5/h7-19,27H,20-22H2,1-6H3,(H,32,36)/t27-/m0/s1. The smallest absolute Gasteiger partial charge is 0.244 e. The highest BCUT2D eigenvalue weighted by molar-refractivity contribution is 7.92. The van der Waals surface area contributed by atoms with Gasteiger partial charge in [-0.25, -0.2) is 8.42 Å². The summed E-state index contributed by atoms with van der Waals surface area (Å²) < 4.78 is 32.3. The average Bonchev–Trinajstić information content (AvgIpc) is 2.89. The van der Waals surface area contributed by atoms with Gasteiger partial charge in [-0.15, -0.1) is 0 Å². The van der Waals surface area contributed by atoms with Crippen LogP contribution in [0.15, 0.2) is 78.9 Å². The van der Waals surface area contributed by atoms with Gasteiger partial charge in [0, 0.05) is 18.5 Å². The summed E-state index contributed by atoms with van der Waals surface area (Å²) in [5.74, 6) is -0.515. The maximum atomic E-state index is 14.1. The van der Waals surface area contributed by atoms with Crippen molar-refractivity contribution in [3.05, 3.63) is 95.6 Å². The van der Waals surface area contributed by atoms with E-state index in [4.69, 9.17) is 4.74 Å². The Morgan fingerprint density at radius 1 is 0.900 bits per heavy atom. The van der Waals surface area contributed by atoms with Crippen molar-refractivity contribution in [2.24, 2.45) is 0 Å². The van der Waals surface area contributed by atoms with Gasteiger partial charge in [-0.2, -0.15) is 0 Å². The fraction of sp³-hybridized carbons (Fsp3) is 0.355. The lowest BCUT2D eigenvalue weighted by Crippen LogP contribution is -2.56. The van der Waals surface area contributed by atoms with E-state index in [1.807, 2.05) is 82.3 Å². The summed E-state index contributed by atoms with van der Waals surface area (Å²) in [5, 5.41) is 3.02. The summed E-state index contributed by atoms with van der Waals surface area (Å²) in [7, 11) is -2.44. The van der Waals surface area contributed by atoms with Crippen LogP contribution in [0.2, 0.25) is 0 Å². The maximum absolute atomic E-state index is 14.1. The third-order valence-corrected chi connectivity index (χ3v) is 7.40. The minimum atomic E-state index is -3.89. The summed E-state index contributed by atoms with van der Waals surface area (Å²) >= 11 is 0. The van der Waals surface area contributed by atoms with E-state index in [0.717, 1.165) is 27.3 Å². The number of para-hydroxylation sites is 2. The number of carbonyl (C=O) groups is 2. The summed E-state index contributed by atoms with van der Waals surface area (Å²) in [5.41, 5.74) is 2.47. The number of nitrogens with one attached hydrogen (secondary N) is 1. The molecule has 0 aliphatic carbocycles. The van der Waals surface area contributed by atoms with Gasteiger partial charge in [0.05, 0.1) is 19.1 Å². The summed E-state index contributed by atoms with van der Waals surface area (Å²) in [6, 6.07) is 22.9. The van der Waals surface area contributed by atoms with Crippen molar-refractivity contribution in [2.45, 2.75) is 52.2 Å². The van der Waals surface area contributed by atoms with E-state index in [2.05, 4.69) is 5.32 Å². The molecule has 0 heterocycles. The Hall–Kier alpha value is -3.85. The molecule has 3 aromatic carbocycles. The predicted octanol–water partition coefficient (Wildman–Crippen LogP) is 4.32. The molecule has 8 nitrogen and oxygen atoms in total. The minimum Gasteiger partial charge on any atom is -0.495 e. The second-order valence-corrected chi connectivity index (χ2v) is 12.8. The Kier molecular flexibility index (Phi) is 9.98. The fourth-order valence-electron chi connectivity index (χ4n) is 4.33. The molecule has 0 aliphatic heterocycles. The Morgan fingerprint density at radius 2 is 1.50 bits per heavy atom. The topological polar surface area (TPSA) is 96.0 Å². The molecule has 0 radical (unpaired) electrons. The first kappa shape index (κ1) is 30.7. The molecule has 0 bridgehead atoms. The maximum Gasteiger partial charge on any atom is 0.244 e. The van der Waals surface area contributed by atoms with Gasteiger partial charge in [0.2, 0.25) is 21.8 Å². The van der Waals surface area contributed by atoms with E-state index >= 15 is 0 Å². The third-order valence-electron chi connectivity index (χ3n) is 6.28. The van der Waals surface area contributed by atoms with Crippen LogP contribution in [0.5, 0.6) is 5.75 Å². The molecular formula is C31H39N3O5S. The van der Waals surface area contributed by atoms with Gasteiger partial charge in [-0.3, -0.25) is 13.9 Å². The number of nitrogens with zero attached hydrogens (tertiary/aromatic N) is 2. The number of ether oxygens (including phenoxy) is 1. The highest BCUT2D eigenvalue weighted by Crippen LogP contribution is 2.30. The summed E-state index contributed by atoms with van der Waals surface area (Å²) in [6.07, 6.45) is 1.30. The number of carbonyl (C=O) groups excluding carboxylic acids is 2. The van der Waals surface area contributed by atoms with Gasteiger partial charge in [0.15, 0.2) is 0 Å². The van der Waals surface area contributed by atoms with Crippen molar-refractivity contribution in [1.29, 1.82) is 0 Å². The number of methoxy groups -OCH3 is 1. The van der Waals surface area contributed by atoms with Crippen LogP contribution in [0.1, 0.15) is 37.5 Å². The molecule has 3 aromatic rings. The predicted molar refractivity (Wildman–Crippen MR) is 159 cm³/mol. The zero-order valence-electron chi connectivity index (χ0n) is 24.0. The van der Waals surface area contributed by atoms with E-state index in [1.54, 1.807) is 24.3 Å². The molecule has 0 spiro atoms. The number of benzene rings is 3. The van der Waals surface area contributed by atoms with Crippen LogP contribution < -0.4 is 14.4 Å². The second kappa shape index (κ2) is 13.0. The van der Waals surface area contributed by atoms with Crippen LogP contribution in [-0.4, -0.2) is 56.6 Å². The molecule has 1 atom stereocenters. The first-order valence-corrected chi connectivity index (χ1v) is 14.9. The van der Waals surface area contributed by atoms with Gasteiger partial charge < -0.3 is 15.0 Å². The van der Waals surface area contributed by atoms with Crippen molar-refractivity contribution < 1.29 is 22.7 Å². The first-order valence-electron chi connectivity index (χ1n) is 13.1. The molecule has 0 unspecified atom stereocenters. The molecule has 40 heavy (non-hydrogen) atoms. The number of anilines is 1. The van der Waals surface area contributed by atoms with E-state index in [0.29, 0.717) is 5.75 Å². The van der Waals surface area contributed by atoms with Crippen LogP contribution in [0, 0.1) is 6.92 Å². The Labute approximate surface area is 238 Å². The molecular weight excluding hydrogens is 526 g/mol. The van der Waals surface area contributed by atoms with Gasteiger partial charge in [0.25, 0.3) is 0 Å². The van der Waals surface area contributed by atoms with E-state index in [9.17, 15) is 18.0 Å². The van der Waals surface area contributed by atoms with Gasteiger partial charge in [-0.05, 0) is 51.0 Å². The van der Waals surface area contributed by atoms with Crippen molar-refractivity contribution in [2.75, 3.05) is 24.2 Å². The third kappa shape index (κ3) is 8.58. The molecule has 0 saturated heterocycles. The Bertz CT molecular complexity index is 1400. The lowest BCUT2D eigenvalue weighted by Gasteiger charge is -2.35. The van der Waals surface area contributed by atoms with Gasteiger partial charge in [-0.1, -0.05) is 72.3 Å². The second-order valence-electron chi connectivity index (χ2n) is 10.9. The molecule has 1 N–H and O–H groups in total. The number of aryl methyl sites for hydroxylation is 1. The molecule has 0 aliphatic rings. The quantitative estimate of drug-likeness (QED) is 0.374. The monoisotopic (exact) mass is 565 g/mol.